The molecule has 1 heterocycles. The van der Waals surface area contributed by atoms with E-state index in [9.17, 15) is 4.39 Å². The fraction of sp³-hybridized carbons (Fsp3) is 0.294. The zero-order valence-electron chi connectivity index (χ0n) is 11.9. The highest BCUT2D eigenvalue weighted by Crippen LogP contribution is 2.29. The van der Waals surface area contributed by atoms with Gasteiger partial charge in [0.05, 0.1) is 0 Å². The van der Waals surface area contributed by atoms with Crippen LogP contribution in [0.15, 0.2) is 42.5 Å². The molecule has 21 heavy (non-hydrogen) atoms. The van der Waals surface area contributed by atoms with E-state index < -0.39 is 0 Å². The highest BCUT2D eigenvalue weighted by Gasteiger charge is 2.23. The van der Waals surface area contributed by atoms with Crippen molar-refractivity contribution in [3.05, 3.63) is 59.4 Å². The number of hydrogen-bond donors (Lipinski definition) is 1. The van der Waals surface area contributed by atoms with Crippen molar-refractivity contribution in [3.8, 4) is 11.5 Å². The van der Waals surface area contributed by atoms with Crippen LogP contribution in [0.25, 0.3) is 0 Å². The zero-order chi connectivity index (χ0) is 14.7. The first-order chi connectivity index (χ1) is 10.3. The van der Waals surface area contributed by atoms with Gasteiger partial charge < -0.3 is 14.8 Å². The van der Waals surface area contributed by atoms with Crippen LogP contribution in [0.3, 0.4) is 0 Å². The summed E-state index contributed by atoms with van der Waals surface area (Å²) in [5, 5.41) is 3.02. The Morgan fingerprint density at radius 2 is 2.14 bits per heavy atom. The van der Waals surface area contributed by atoms with Crippen molar-refractivity contribution in [3.63, 3.8) is 0 Å². The summed E-state index contributed by atoms with van der Waals surface area (Å²) in [7, 11) is 1.82. The largest absolute Gasteiger partial charge is 0.489 e. The van der Waals surface area contributed by atoms with Crippen LogP contribution in [0.5, 0.6) is 11.5 Å². The van der Waals surface area contributed by atoms with Crippen LogP contribution in [0.2, 0.25) is 0 Å². The Balaban J connectivity index is 1.64. The molecule has 110 valence electrons. The van der Waals surface area contributed by atoms with Crippen LogP contribution in [0, 0.1) is 5.82 Å². The van der Waals surface area contributed by atoms with Gasteiger partial charge in [0.25, 0.3) is 0 Å². The summed E-state index contributed by atoms with van der Waals surface area (Å²) >= 11 is 0. The molecule has 0 radical (unpaired) electrons. The Morgan fingerprint density at radius 1 is 1.29 bits per heavy atom. The van der Waals surface area contributed by atoms with Gasteiger partial charge in [-0.15, -0.1) is 0 Å². The van der Waals surface area contributed by atoms with Crippen molar-refractivity contribution in [2.24, 2.45) is 0 Å². The molecule has 1 aliphatic rings. The molecule has 2 aromatic carbocycles. The van der Waals surface area contributed by atoms with Crippen molar-refractivity contribution in [2.75, 3.05) is 13.7 Å². The van der Waals surface area contributed by atoms with Gasteiger partial charge in [0.2, 0.25) is 0 Å². The van der Waals surface area contributed by atoms with Gasteiger partial charge in [-0.3, -0.25) is 0 Å². The minimum Gasteiger partial charge on any atom is -0.489 e. The lowest BCUT2D eigenvalue weighted by molar-refractivity contribution is 0.147. The molecule has 3 rings (SSSR count). The van der Waals surface area contributed by atoms with E-state index >= 15 is 0 Å². The maximum absolute atomic E-state index is 13.3. The summed E-state index contributed by atoms with van der Waals surface area (Å²) in [6.45, 7) is 1.02. The van der Waals surface area contributed by atoms with Gasteiger partial charge >= 0.3 is 0 Å². The van der Waals surface area contributed by atoms with E-state index in [0.29, 0.717) is 18.9 Å². The highest BCUT2D eigenvalue weighted by molar-refractivity contribution is 5.38. The van der Waals surface area contributed by atoms with Gasteiger partial charge in [-0.25, -0.2) is 4.39 Å². The number of nitrogens with one attached hydrogen (secondary N) is 1. The molecule has 1 aliphatic heterocycles. The highest BCUT2D eigenvalue weighted by atomic mass is 19.1. The third kappa shape index (κ3) is 3.16. The lowest BCUT2D eigenvalue weighted by atomic mass is 10.1. The number of para-hydroxylation sites is 1. The molecule has 1 atom stereocenters. The first-order valence-electron chi connectivity index (χ1n) is 7.06. The molecular weight excluding hydrogens is 269 g/mol. The molecule has 2 aromatic rings. The third-order valence-corrected chi connectivity index (χ3v) is 3.53. The Kier molecular flexibility index (Phi) is 4.06. The van der Waals surface area contributed by atoms with Crippen molar-refractivity contribution in [1.29, 1.82) is 0 Å². The fourth-order valence-corrected chi connectivity index (χ4v) is 2.55. The Morgan fingerprint density at radius 3 is 2.95 bits per heavy atom. The minimum absolute atomic E-state index is 0.00916. The molecular formula is C17H18FNO2. The van der Waals surface area contributed by atoms with E-state index in [1.165, 1.54) is 17.7 Å². The fourth-order valence-electron chi connectivity index (χ4n) is 2.55. The lowest BCUT2D eigenvalue weighted by Crippen LogP contribution is -2.23. The molecule has 0 aromatic heterocycles. The van der Waals surface area contributed by atoms with E-state index in [-0.39, 0.29) is 11.9 Å². The smallest absolute Gasteiger partial charge is 0.137 e. The van der Waals surface area contributed by atoms with Crippen LogP contribution < -0.4 is 14.8 Å². The molecule has 4 heteroatoms. The van der Waals surface area contributed by atoms with Gasteiger partial charge in [0.15, 0.2) is 0 Å². The van der Waals surface area contributed by atoms with E-state index in [2.05, 4.69) is 11.4 Å². The van der Waals surface area contributed by atoms with Gasteiger partial charge in [-0.2, -0.15) is 0 Å². The summed E-state index contributed by atoms with van der Waals surface area (Å²) in [6, 6.07) is 12.6. The van der Waals surface area contributed by atoms with Gasteiger partial charge in [0, 0.05) is 18.5 Å². The van der Waals surface area contributed by atoms with Crippen LogP contribution >= 0.6 is 0 Å². The van der Waals surface area contributed by atoms with Crippen LogP contribution in [-0.4, -0.2) is 19.8 Å². The summed E-state index contributed by atoms with van der Waals surface area (Å²) in [4.78, 5) is 0. The quantitative estimate of drug-likeness (QED) is 0.917. The van der Waals surface area contributed by atoms with Gasteiger partial charge in [0.1, 0.15) is 30.0 Å². The lowest BCUT2D eigenvalue weighted by Gasteiger charge is -2.15. The number of hydrogen-bond acceptors (Lipinski definition) is 3. The van der Waals surface area contributed by atoms with E-state index in [4.69, 9.17) is 9.47 Å². The number of halogens is 1. The number of benzene rings is 2. The Hall–Kier alpha value is -2.07. The summed E-state index contributed by atoms with van der Waals surface area (Å²) in [6.07, 6.45) is 0.855. The summed E-state index contributed by atoms with van der Waals surface area (Å²) in [5.74, 6) is 1.38. The van der Waals surface area contributed by atoms with Crippen LogP contribution in [0.1, 0.15) is 11.1 Å². The van der Waals surface area contributed by atoms with E-state index in [1.54, 1.807) is 6.07 Å². The third-order valence-electron chi connectivity index (χ3n) is 3.53. The molecule has 0 bridgehead atoms. The standard InChI is InChI=1S/C17H18FNO2/c1-19-10-13-8-14(18)6-7-16(13)20-11-15-9-12-4-2-3-5-17(12)21-15/h2-8,15,19H,9-11H2,1H3. The Bertz CT molecular complexity index is 605. The Labute approximate surface area is 123 Å². The molecule has 0 saturated heterocycles. The monoisotopic (exact) mass is 287 g/mol. The van der Waals surface area contributed by atoms with Crippen LogP contribution in [-0.2, 0) is 13.0 Å². The molecule has 0 spiro atoms. The van der Waals surface area contributed by atoms with Crippen molar-refractivity contribution in [1.82, 2.24) is 5.32 Å². The minimum atomic E-state index is -0.253. The topological polar surface area (TPSA) is 30.5 Å². The maximum atomic E-state index is 13.3. The molecule has 0 aliphatic carbocycles. The second kappa shape index (κ2) is 6.14. The summed E-state index contributed by atoms with van der Waals surface area (Å²) < 4.78 is 24.9. The van der Waals surface area contributed by atoms with Crippen molar-refractivity contribution < 1.29 is 13.9 Å². The second-order valence-electron chi connectivity index (χ2n) is 5.15. The normalized spacial score (nSPS) is 16.4. The number of ether oxygens (including phenoxy) is 2. The average molecular weight is 287 g/mol. The van der Waals surface area contributed by atoms with Crippen LogP contribution in [0.4, 0.5) is 4.39 Å². The number of rotatable bonds is 5. The predicted molar refractivity (Wildman–Crippen MR) is 79.2 cm³/mol. The van der Waals surface area contributed by atoms with E-state index in [1.807, 2.05) is 25.2 Å². The zero-order valence-corrected chi connectivity index (χ0v) is 11.9. The molecule has 0 amide bonds. The van der Waals surface area contributed by atoms with Crippen molar-refractivity contribution in [2.45, 2.75) is 19.1 Å². The average Bonchev–Trinajstić information content (AvgIpc) is 2.89. The molecule has 1 N–H and O–H groups in total. The maximum Gasteiger partial charge on any atom is 0.137 e. The van der Waals surface area contributed by atoms with Gasteiger partial charge in [-0.1, -0.05) is 18.2 Å². The second-order valence-corrected chi connectivity index (χ2v) is 5.15. The first-order valence-corrected chi connectivity index (χ1v) is 7.06. The molecule has 0 saturated carbocycles. The summed E-state index contributed by atoms with van der Waals surface area (Å²) in [5.41, 5.74) is 2.02. The molecule has 0 fully saturated rings. The molecule has 3 nitrogen and oxygen atoms in total. The predicted octanol–water partition coefficient (Wildman–Crippen LogP) is 2.93. The number of fused-ring (bicyclic) bond motifs is 1. The van der Waals surface area contributed by atoms with Gasteiger partial charge in [-0.05, 0) is 36.9 Å². The first kappa shape index (κ1) is 13.9. The van der Waals surface area contributed by atoms with E-state index in [0.717, 1.165) is 17.7 Å². The SMILES string of the molecule is CNCc1cc(F)ccc1OCC1Cc2ccccc2O1. The molecule has 1 unspecified atom stereocenters. The van der Waals surface area contributed by atoms with Crippen molar-refractivity contribution >= 4 is 0 Å².